The summed E-state index contributed by atoms with van der Waals surface area (Å²) in [5, 5.41) is 7.83. The van der Waals surface area contributed by atoms with Gasteiger partial charge in [-0.15, -0.1) is 11.3 Å². The highest BCUT2D eigenvalue weighted by molar-refractivity contribution is 7.16. The lowest BCUT2D eigenvalue weighted by Crippen LogP contribution is -2.14. The van der Waals surface area contributed by atoms with E-state index in [1.165, 1.54) is 12.0 Å². The molecule has 0 spiro atoms. The summed E-state index contributed by atoms with van der Waals surface area (Å²) in [5.74, 6) is 0.120. The molecule has 2 aromatic heterocycles. The van der Waals surface area contributed by atoms with E-state index in [-0.39, 0.29) is 11.6 Å². The van der Waals surface area contributed by atoms with E-state index in [2.05, 4.69) is 15.4 Å². The molecule has 0 fully saturated rings. The maximum absolute atomic E-state index is 12.6. The summed E-state index contributed by atoms with van der Waals surface area (Å²) in [5.41, 5.74) is 2.22. The Morgan fingerprint density at radius 1 is 1.29 bits per heavy atom. The predicted molar refractivity (Wildman–Crippen MR) is 92.2 cm³/mol. The second-order valence-corrected chi connectivity index (χ2v) is 6.61. The van der Waals surface area contributed by atoms with Crippen molar-refractivity contribution in [1.29, 1.82) is 0 Å². The Morgan fingerprint density at radius 3 is 2.88 bits per heavy atom. The normalized spacial score (nSPS) is 12.9. The van der Waals surface area contributed by atoms with Crippen molar-refractivity contribution in [3.05, 3.63) is 52.8 Å². The number of anilines is 1. The Kier molecular flexibility index (Phi) is 3.78. The number of carbonyl (C=O) groups is 1. The summed E-state index contributed by atoms with van der Waals surface area (Å²) in [6.45, 7) is 0. The molecule has 1 N–H and O–H groups in total. The molecule has 6 nitrogen and oxygen atoms in total. The Bertz CT molecular complexity index is 864. The molecule has 0 aliphatic heterocycles. The molecule has 122 valence electrons. The zero-order valence-corrected chi connectivity index (χ0v) is 14.0. The van der Waals surface area contributed by atoms with Crippen molar-refractivity contribution < 1.29 is 9.53 Å². The first-order chi connectivity index (χ1) is 11.7. The third-order valence-corrected chi connectivity index (χ3v) is 5.03. The van der Waals surface area contributed by atoms with Crippen LogP contribution >= 0.6 is 11.3 Å². The molecule has 4 rings (SSSR count). The zero-order valence-electron chi connectivity index (χ0n) is 13.2. The van der Waals surface area contributed by atoms with Gasteiger partial charge in [0.05, 0.1) is 24.7 Å². The molecule has 1 aromatic carbocycles. The van der Waals surface area contributed by atoms with Crippen molar-refractivity contribution in [2.45, 2.75) is 19.3 Å². The van der Waals surface area contributed by atoms with Gasteiger partial charge in [0.1, 0.15) is 0 Å². The van der Waals surface area contributed by atoms with E-state index in [0.717, 1.165) is 30.6 Å². The first kappa shape index (κ1) is 14.9. The summed E-state index contributed by atoms with van der Waals surface area (Å²) in [6.07, 6.45) is 4.90. The molecule has 0 saturated heterocycles. The topological polar surface area (TPSA) is 69.0 Å². The van der Waals surface area contributed by atoms with Crippen molar-refractivity contribution >= 4 is 22.4 Å². The maximum Gasteiger partial charge on any atom is 0.281 e. The van der Waals surface area contributed by atoms with Crippen molar-refractivity contribution in [1.82, 2.24) is 14.8 Å². The number of amides is 1. The number of rotatable bonds is 4. The minimum Gasteiger partial charge on any atom is -0.493 e. The third-order valence-electron chi connectivity index (χ3n) is 3.95. The van der Waals surface area contributed by atoms with Crippen LogP contribution in [0.25, 0.3) is 5.69 Å². The zero-order chi connectivity index (χ0) is 16.5. The SMILES string of the molecule is COc1cn(-c2ccccc2)nc1C(=O)Nc1nc2c(s1)CCC2. The summed E-state index contributed by atoms with van der Waals surface area (Å²) in [6, 6.07) is 9.60. The number of nitrogens with zero attached hydrogens (tertiary/aromatic N) is 3. The van der Waals surface area contributed by atoms with Crippen LogP contribution < -0.4 is 10.1 Å². The molecule has 1 aliphatic rings. The van der Waals surface area contributed by atoms with Gasteiger partial charge < -0.3 is 4.74 Å². The smallest absolute Gasteiger partial charge is 0.281 e. The van der Waals surface area contributed by atoms with E-state index in [1.54, 1.807) is 22.2 Å². The molecular weight excluding hydrogens is 324 g/mol. The Labute approximate surface area is 143 Å². The second-order valence-electron chi connectivity index (χ2n) is 5.52. The Hall–Kier alpha value is -2.67. The van der Waals surface area contributed by atoms with E-state index >= 15 is 0 Å². The van der Waals surface area contributed by atoms with Crippen LogP contribution in [-0.2, 0) is 12.8 Å². The minimum atomic E-state index is -0.311. The molecule has 0 radical (unpaired) electrons. The summed E-state index contributed by atoms with van der Waals surface area (Å²) < 4.78 is 6.94. The fraction of sp³-hybridized carbons (Fsp3) is 0.235. The number of hydrogen-bond acceptors (Lipinski definition) is 5. The largest absolute Gasteiger partial charge is 0.493 e. The highest BCUT2D eigenvalue weighted by Crippen LogP contribution is 2.31. The Balaban J connectivity index is 1.60. The lowest BCUT2D eigenvalue weighted by Gasteiger charge is -2.01. The van der Waals surface area contributed by atoms with E-state index in [9.17, 15) is 4.79 Å². The van der Waals surface area contributed by atoms with Gasteiger partial charge in [-0.2, -0.15) is 5.10 Å². The molecule has 1 aliphatic carbocycles. The number of para-hydroxylation sites is 1. The van der Waals surface area contributed by atoms with Crippen LogP contribution in [0.4, 0.5) is 5.13 Å². The number of fused-ring (bicyclic) bond motifs is 1. The van der Waals surface area contributed by atoms with Gasteiger partial charge in [0, 0.05) is 4.88 Å². The van der Waals surface area contributed by atoms with Gasteiger partial charge >= 0.3 is 0 Å². The highest BCUT2D eigenvalue weighted by atomic mass is 32.1. The predicted octanol–water partition coefficient (Wildman–Crippen LogP) is 3.08. The van der Waals surface area contributed by atoms with Gasteiger partial charge in [-0.05, 0) is 31.4 Å². The van der Waals surface area contributed by atoms with Gasteiger partial charge in [-0.25, -0.2) is 9.67 Å². The molecule has 3 aromatic rings. The van der Waals surface area contributed by atoms with Crippen LogP contribution in [0.1, 0.15) is 27.5 Å². The van der Waals surface area contributed by atoms with Gasteiger partial charge in [0.25, 0.3) is 5.91 Å². The van der Waals surface area contributed by atoms with Crippen LogP contribution in [0.2, 0.25) is 0 Å². The van der Waals surface area contributed by atoms with E-state index in [1.807, 2.05) is 30.3 Å². The van der Waals surface area contributed by atoms with Crippen molar-refractivity contribution in [3.8, 4) is 11.4 Å². The number of aryl methyl sites for hydroxylation is 2. The standard InChI is InChI=1S/C17H16N4O2S/c1-23-13-10-21(11-6-3-2-4-7-11)20-15(13)16(22)19-17-18-12-8-5-9-14(12)24-17/h2-4,6-7,10H,5,8-9H2,1H3,(H,18,19,22). The molecule has 0 saturated carbocycles. The average Bonchev–Trinajstić information content (AvgIpc) is 3.29. The van der Waals surface area contributed by atoms with Crippen molar-refractivity contribution in [3.63, 3.8) is 0 Å². The first-order valence-corrected chi connectivity index (χ1v) is 8.55. The molecule has 0 bridgehead atoms. The number of benzene rings is 1. The van der Waals surface area contributed by atoms with Gasteiger partial charge in [0.15, 0.2) is 16.6 Å². The number of ether oxygens (including phenoxy) is 1. The average molecular weight is 340 g/mol. The number of aromatic nitrogens is 3. The summed E-state index contributed by atoms with van der Waals surface area (Å²) in [7, 11) is 1.53. The van der Waals surface area contributed by atoms with Crippen molar-refractivity contribution in [2.75, 3.05) is 12.4 Å². The lowest BCUT2D eigenvalue weighted by atomic mass is 10.3. The van der Waals surface area contributed by atoms with Crippen LogP contribution in [0.5, 0.6) is 5.75 Å². The van der Waals surface area contributed by atoms with E-state index < -0.39 is 0 Å². The molecule has 24 heavy (non-hydrogen) atoms. The molecular formula is C17H16N4O2S. The molecule has 7 heteroatoms. The summed E-state index contributed by atoms with van der Waals surface area (Å²) >= 11 is 1.54. The number of methoxy groups -OCH3 is 1. The van der Waals surface area contributed by atoms with Crippen LogP contribution in [0, 0.1) is 0 Å². The monoisotopic (exact) mass is 340 g/mol. The molecule has 2 heterocycles. The quantitative estimate of drug-likeness (QED) is 0.792. The van der Waals surface area contributed by atoms with Crippen LogP contribution in [0.15, 0.2) is 36.5 Å². The van der Waals surface area contributed by atoms with Crippen LogP contribution in [-0.4, -0.2) is 27.8 Å². The molecule has 1 amide bonds. The van der Waals surface area contributed by atoms with E-state index in [4.69, 9.17) is 4.74 Å². The van der Waals surface area contributed by atoms with Crippen molar-refractivity contribution in [2.24, 2.45) is 0 Å². The fourth-order valence-corrected chi connectivity index (χ4v) is 3.82. The first-order valence-electron chi connectivity index (χ1n) is 7.73. The number of nitrogens with one attached hydrogen (secondary N) is 1. The van der Waals surface area contributed by atoms with Gasteiger partial charge in [-0.3, -0.25) is 10.1 Å². The van der Waals surface area contributed by atoms with E-state index in [0.29, 0.717) is 10.9 Å². The van der Waals surface area contributed by atoms with Crippen LogP contribution in [0.3, 0.4) is 0 Å². The lowest BCUT2D eigenvalue weighted by molar-refractivity contribution is 0.101. The number of thiazole rings is 1. The highest BCUT2D eigenvalue weighted by Gasteiger charge is 2.22. The summed E-state index contributed by atoms with van der Waals surface area (Å²) in [4.78, 5) is 18.3. The minimum absolute atomic E-state index is 0.247. The molecule has 0 atom stereocenters. The number of carbonyl (C=O) groups excluding carboxylic acids is 1. The Morgan fingerprint density at radius 2 is 2.12 bits per heavy atom. The molecule has 0 unspecified atom stereocenters. The maximum atomic E-state index is 12.6. The second kappa shape index (κ2) is 6.09. The third kappa shape index (κ3) is 2.67. The van der Waals surface area contributed by atoms with Gasteiger partial charge in [-0.1, -0.05) is 18.2 Å². The van der Waals surface area contributed by atoms with Gasteiger partial charge in [0.2, 0.25) is 0 Å². The number of hydrogen-bond donors (Lipinski definition) is 1. The fourth-order valence-electron chi connectivity index (χ4n) is 2.78.